The fourth-order valence-corrected chi connectivity index (χ4v) is 8.90. The molecule has 0 aromatic rings. The van der Waals surface area contributed by atoms with E-state index in [9.17, 15) is 0 Å². The minimum Gasteiger partial charge on any atom is -0.306 e. The van der Waals surface area contributed by atoms with Gasteiger partial charge in [-0.25, -0.2) is 0 Å². The summed E-state index contributed by atoms with van der Waals surface area (Å²) in [5.74, 6) is 4.95. The van der Waals surface area contributed by atoms with Gasteiger partial charge in [0.2, 0.25) is 0 Å². The van der Waals surface area contributed by atoms with Gasteiger partial charge in [0, 0.05) is 12.1 Å². The lowest BCUT2D eigenvalue weighted by atomic mass is 9.44. The number of nitrogens with zero attached hydrogens (tertiary/aromatic N) is 2. The standard InChI is InChI=1S/C25H46N2/c1-17(26(4)5)21-10-11-22-20-9-8-18-16-19(27(6)7)12-14-24(18,2)23(20)13-15-25(21,22)3/h17-23H,8-16H2,1-7H3/t17-,18-,19+,20-,21+,22-,23-,24-,25+/m0/s1. The second-order valence-corrected chi connectivity index (χ2v) is 12.0. The molecule has 4 aliphatic rings. The highest BCUT2D eigenvalue weighted by atomic mass is 15.1. The largest absolute Gasteiger partial charge is 0.306 e. The van der Waals surface area contributed by atoms with Gasteiger partial charge in [0.1, 0.15) is 0 Å². The number of fused-ring (bicyclic) bond motifs is 5. The molecule has 9 atom stereocenters. The summed E-state index contributed by atoms with van der Waals surface area (Å²) in [4.78, 5) is 5.00. The number of hydrogen-bond donors (Lipinski definition) is 0. The zero-order chi connectivity index (χ0) is 19.6. The Hall–Kier alpha value is -0.0800. The first-order valence-corrected chi connectivity index (χ1v) is 12.0. The Balaban J connectivity index is 1.54. The Labute approximate surface area is 169 Å². The molecule has 27 heavy (non-hydrogen) atoms. The molecule has 0 bridgehead atoms. The summed E-state index contributed by atoms with van der Waals surface area (Å²) in [6, 6.07) is 1.57. The fraction of sp³-hybridized carbons (Fsp3) is 1.00. The van der Waals surface area contributed by atoms with Crippen molar-refractivity contribution in [3.05, 3.63) is 0 Å². The molecular formula is C25H46N2. The Morgan fingerprint density at radius 2 is 1.44 bits per heavy atom. The third-order valence-electron chi connectivity index (χ3n) is 10.8. The summed E-state index contributed by atoms with van der Waals surface area (Å²) in [5, 5.41) is 0. The molecule has 0 radical (unpaired) electrons. The van der Waals surface area contributed by atoms with Gasteiger partial charge in [0.15, 0.2) is 0 Å². The summed E-state index contributed by atoms with van der Waals surface area (Å²) in [6.45, 7) is 7.91. The summed E-state index contributed by atoms with van der Waals surface area (Å²) in [7, 11) is 9.19. The summed E-state index contributed by atoms with van der Waals surface area (Å²) in [6.07, 6.45) is 13.5. The summed E-state index contributed by atoms with van der Waals surface area (Å²) in [5.41, 5.74) is 1.25. The third-order valence-corrected chi connectivity index (χ3v) is 10.8. The molecule has 0 aromatic carbocycles. The topological polar surface area (TPSA) is 6.48 Å². The van der Waals surface area contributed by atoms with Crippen LogP contribution in [0.5, 0.6) is 0 Å². The predicted molar refractivity (Wildman–Crippen MR) is 116 cm³/mol. The quantitative estimate of drug-likeness (QED) is 0.641. The Morgan fingerprint density at radius 1 is 0.778 bits per heavy atom. The minimum atomic E-state index is 0.606. The molecule has 2 heteroatoms. The van der Waals surface area contributed by atoms with E-state index in [0.29, 0.717) is 10.8 Å². The first-order valence-electron chi connectivity index (χ1n) is 12.0. The molecule has 0 aromatic heterocycles. The van der Waals surface area contributed by atoms with Crippen LogP contribution in [0.25, 0.3) is 0 Å². The van der Waals surface area contributed by atoms with Crippen LogP contribution in [-0.2, 0) is 0 Å². The SMILES string of the molecule is C[C@@H]([C@H]1CC[C@H]2[C@@H]3CC[C@H]4C[C@H](N(C)C)CC[C@]4(C)[C@H]3CC[C@]12C)N(C)C. The van der Waals surface area contributed by atoms with Crippen molar-refractivity contribution < 1.29 is 0 Å². The third kappa shape index (κ3) is 3.03. The predicted octanol–water partition coefficient (Wildman–Crippen LogP) is 5.53. The van der Waals surface area contributed by atoms with Crippen LogP contribution in [-0.4, -0.2) is 50.1 Å². The first kappa shape index (κ1) is 20.2. The Bertz CT molecular complexity index is 542. The van der Waals surface area contributed by atoms with E-state index in [-0.39, 0.29) is 0 Å². The molecule has 4 fully saturated rings. The highest BCUT2D eigenvalue weighted by molar-refractivity contribution is 5.10. The second kappa shape index (κ2) is 7.01. The number of hydrogen-bond acceptors (Lipinski definition) is 2. The average molecular weight is 375 g/mol. The van der Waals surface area contributed by atoms with Crippen molar-refractivity contribution in [3.8, 4) is 0 Å². The van der Waals surface area contributed by atoms with Crippen molar-refractivity contribution in [1.29, 1.82) is 0 Å². The van der Waals surface area contributed by atoms with E-state index in [0.717, 1.165) is 41.7 Å². The van der Waals surface area contributed by atoms with Crippen molar-refractivity contribution >= 4 is 0 Å². The zero-order valence-electron chi connectivity index (χ0n) is 19.3. The van der Waals surface area contributed by atoms with Gasteiger partial charge in [-0.2, -0.15) is 0 Å². The van der Waals surface area contributed by atoms with Crippen LogP contribution >= 0.6 is 0 Å². The second-order valence-electron chi connectivity index (χ2n) is 12.0. The molecule has 4 saturated carbocycles. The lowest BCUT2D eigenvalue weighted by molar-refractivity contribution is -0.122. The molecule has 0 unspecified atom stereocenters. The van der Waals surface area contributed by atoms with Gasteiger partial charge in [0.05, 0.1) is 0 Å². The highest BCUT2D eigenvalue weighted by Gasteiger charge is 2.60. The monoisotopic (exact) mass is 374 g/mol. The average Bonchev–Trinajstić information content (AvgIpc) is 2.97. The van der Waals surface area contributed by atoms with Gasteiger partial charge in [-0.1, -0.05) is 13.8 Å². The van der Waals surface area contributed by atoms with Gasteiger partial charge in [0.25, 0.3) is 0 Å². The van der Waals surface area contributed by atoms with E-state index in [4.69, 9.17) is 0 Å². The van der Waals surface area contributed by atoms with Gasteiger partial charge in [-0.3, -0.25) is 0 Å². The highest BCUT2D eigenvalue weighted by Crippen LogP contribution is 2.68. The molecule has 0 amide bonds. The lowest BCUT2D eigenvalue weighted by Crippen LogP contribution is -2.55. The maximum atomic E-state index is 2.72. The van der Waals surface area contributed by atoms with Gasteiger partial charge < -0.3 is 9.80 Å². The van der Waals surface area contributed by atoms with E-state index in [2.05, 4.69) is 58.8 Å². The van der Waals surface area contributed by atoms with E-state index in [1.165, 1.54) is 57.8 Å². The van der Waals surface area contributed by atoms with E-state index in [1.807, 2.05) is 0 Å². The van der Waals surface area contributed by atoms with Gasteiger partial charge >= 0.3 is 0 Å². The smallest absolute Gasteiger partial charge is 0.00944 e. The van der Waals surface area contributed by atoms with Crippen LogP contribution in [0.4, 0.5) is 0 Å². The summed E-state index contributed by atoms with van der Waals surface area (Å²) < 4.78 is 0. The van der Waals surface area contributed by atoms with Crippen LogP contribution in [0.1, 0.15) is 78.6 Å². The van der Waals surface area contributed by atoms with Crippen molar-refractivity contribution in [1.82, 2.24) is 9.80 Å². The maximum Gasteiger partial charge on any atom is 0.00944 e. The van der Waals surface area contributed by atoms with E-state index < -0.39 is 0 Å². The molecule has 0 heterocycles. The zero-order valence-corrected chi connectivity index (χ0v) is 19.3. The molecule has 2 nitrogen and oxygen atoms in total. The van der Waals surface area contributed by atoms with Gasteiger partial charge in [-0.05, 0) is 133 Å². The molecule has 4 aliphatic carbocycles. The normalized spacial score (nSPS) is 51.0. The number of rotatable bonds is 3. The minimum absolute atomic E-state index is 0.606. The van der Waals surface area contributed by atoms with Crippen LogP contribution in [0.15, 0.2) is 0 Å². The van der Waals surface area contributed by atoms with Crippen LogP contribution in [0, 0.1) is 40.4 Å². The molecule has 4 rings (SSSR count). The van der Waals surface area contributed by atoms with Crippen molar-refractivity contribution in [2.24, 2.45) is 40.4 Å². The Kier molecular flexibility index (Phi) is 5.25. The molecule has 0 spiro atoms. The van der Waals surface area contributed by atoms with Crippen LogP contribution < -0.4 is 0 Å². The van der Waals surface area contributed by atoms with Crippen LogP contribution in [0.2, 0.25) is 0 Å². The van der Waals surface area contributed by atoms with E-state index in [1.54, 1.807) is 0 Å². The Morgan fingerprint density at radius 3 is 2.11 bits per heavy atom. The van der Waals surface area contributed by atoms with Crippen molar-refractivity contribution in [2.75, 3.05) is 28.2 Å². The molecule has 156 valence electrons. The van der Waals surface area contributed by atoms with Crippen molar-refractivity contribution in [2.45, 2.75) is 90.6 Å². The molecule has 0 saturated heterocycles. The van der Waals surface area contributed by atoms with Gasteiger partial charge in [-0.15, -0.1) is 0 Å². The first-order chi connectivity index (χ1) is 12.7. The molecule has 0 N–H and O–H groups in total. The lowest BCUT2D eigenvalue weighted by Gasteiger charge is -2.62. The summed E-state index contributed by atoms with van der Waals surface area (Å²) >= 11 is 0. The molecular weight excluding hydrogens is 328 g/mol. The van der Waals surface area contributed by atoms with Crippen LogP contribution in [0.3, 0.4) is 0 Å². The maximum absolute atomic E-state index is 2.72. The van der Waals surface area contributed by atoms with Crippen molar-refractivity contribution in [3.63, 3.8) is 0 Å². The molecule has 0 aliphatic heterocycles. The van der Waals surface area contributed by atoms with E-state index >= 15 is 0 Å². The fourth-order valence-electron chi connectivity index (χ4n) is 8.90.